The van der Waals surface area contributed by atoms with Gasteiger partial charge in [0.25, 0.3) is 0 Å². The van der Waals surface area contributed by atoms with Crippen LogP contribution in [-0.4, -0.2) is 48.4 Å². The molecule has 0 aliphatic carbocycles. The molecule has 3 nitrogen and oxygen atoms in total. The highest BCUT2D eigenvalue weighted by atomic mass is 16.2. The molecule has 3 heteroatoms. The molecule has 0 N–H and O–H groups in total. The van der Waals surface area contributed by atoms with E-state index in [1.54, 1.807) is 6.92 Å². The lowest BCUT2D eigenvalue weighted by molar-refractivity contribution is -0.130. The number of carbonyl (C=O) groups is 1. The number of hydrogen-bond acceptors (Lipinski definition) is 2. The number of likely N-dealkylation sites (tertiary alicyclic amines) is 2. The fraction of sp³-hybridized carbons (Fsp3) is 0.929. The first-order valence-corrected chi connectivity index (χ1v) is 7.13. The Labute approximate surface area is 105 Å². The van der Waals surface area contributed by atoms with E-state index < -0.39 is 0 Å². The smallest absolute Gasteiger partial charge is 0.219 e. The van der Waals surface area contributed by atoms with Crippen LogP contribution >= 0.6 is 0 Å². The Morgan fingerprint density at radius 2 is 1.65 bits per heavy atom. The van der Waals surface area contributed by atoms with Crippen LogP contribution in [0.25, 0.3) is 0 Å². The van der Waals surface area contributed by atoms with E-state index in [4.69, 9.17) is 0 Å². The minimum atomic E-state index is 0.246. The Kier molecular flexibility index (Phi) is 4.43. The van der Waals surface area contributed by atoms with Crippen molar-refractivity contribution in [2.24, 2.45) is 11.8 Å². The molecule has 0 bridgehead atoms. The topological polar surface area (TPSA) is 23.6 Å². The van der Waals surface area contributed by atoms with Crippen LogP contribution < -0.4 is 0 Å². The van der Waals surface area contributed by atoms with Gasteiger partial charge in [-0.1, -0.05) is 6.92 Å². The van der Waals surface area contributed by atoms with E-state index in [1.165, 1.54) is 45.3 Å². The number of piperidine rings is 2. The van der Waals surface area contributed by atoms with Crippen LogP contribution in [0.3, 0.4) is 0 Å². The molecule has 98 valence electrons. The van der Waals surface area contributed by atoms with Gasteiger partial charge in [-0.3, -0.25) is 4.79 Å². The van der Waals surface area contributed by atoms with Gasteiger partial charge in [0.1, 0.15) is 0 Å². The normalized spacial score (nSPS) is 25.2. The minimum absolute atomic E-state index is 0.246. The van der Waals surface area contributed by atoms with Crippen LogP contribution in [-0.2, 0) is 4.79 Å². The molecule has 0 radical (unpaired) electrons. The first kappa shape index (κ1) is 12.9. The molecule has 0 atom stereocenters. The molecule has 0 spiro atoms. The third-order valence-corrected chi connectivity index (χ3v) is 4.45. The van der Waals surface area contributed by atoms with E-state index in [9.17, 15) is 4.79 Å². The van der Waals surface area contributed by atoms with Crippen molar-refractivity contribution in [3.05, 3.63) is 0 Å². The lowest BCUT2D eigenvalue weighted by Gasteiger charge is -2.36. The highest BCUT2D eigenvalue weighted by Crippen LogP contribution is 2.22. The van der Waals surface area contributed by atoms with Gasteiger partial charge in [-0.25, -0.2) is 0 Å². The predicted molar refractivity (Wildman–Crippen MR) is 69.8 cm³/mol. The second-order valence-corrected chi connectivity index (χ2v) is 5.93. The molecule has 2 aliphatic heterocycles. The summed E-state index contributed by atoms with van der Waals surface area (Å²) >= 11 is 0. The zero-order valence-corrected chi connectivity index (χ0v) is 11.3. The van der Waals surface area contributed by atoms with Crippen LogP contribution in [0.5, 0.6) is 0 Å². The quantitative estimate of drug-likeness (QED) is 0.734. The van der Waals surface area contributed by atoms with Crippen molar-refractivity contribution < 1.29 is 4.79 Å². The van der Waals surface area contributed by atoms with Crippen LogP contribution in [0.2, 0.25) is 0 Å². The Morgan fingerprint density at radius 1 is 1.06 bits per heavy atom. The van der Waals surface area contributed by atoms with Gasteiger partial charge >= 0.3 is 0 Å². The molecule has 0 aromatic carbocycles. The van der Waals surface area contributed by atoms with Crippen molar-refractivity contribution in [2.75, 3.05) is 32.7 Å². The van der Waals surface area contributed by atoms with E-state index in [-0.39, 0.29) is 5.91 Å². The van der Waals surface area contributed by atoms with Crippen molar-refractivity contribution in [1.82, 2.24) is 9.80 Å². The van der Waals surface area contributed by atoms with Crippen LogP contribution in [0.4, 0.5) is 0 Å². The molecule has 17 heavy (non-hydrogen) atoms. The third-order valence-electron chi connectivity index (χ3n) is 4.45. The monoisotopic (exact) mass is 238 g/mol. The highest BCUT2D eigenvalue weighted by Gasteiger charge is 2.24. The minimum Gasteiger partial charge on any atom is -0.343 e. The first-order valence-electron chi connectivity index (χ1n) is 7.13. The highest BCUT2D eigenvalue weighted by molar-refractivity contribution is 5.73. The standard InChI is InChI=1S/C14H26N2O/c1-12-3-7-15(8-4-12)11-14-5-9-16(10-6-14)13(2)17/h12,14H,3-11H2,1-2H3. The summed E-state index contributed by atoms with van der Waals surface area (Å²) in [7, 11) is 0. The van der Waals surface area contributed by atoms with E-state index in [2.05, 4.69) is 11.8 Å². The van der Waals surface area contributed by atoms with Gasteiger partial charge in [0.05, 0.1) is 0 Å². The van der Waals surface area contributed by atoms with Crippen LogP contribution in [0.15, 0.2) is 0 Å². The summed E-state index contributed by atoms with van der Waals surface area (Å²) in [5, 5.41) is 0. The van der Waals surface area contributed by atoms with Gasteiger partial charge in [-0.2, -0.15) is 0 Å². The summed E-state index contributed by atoms with van der Waals surface area (Å²) in [6.07, 6.45) is 5.13. The van der Waals surface area contributed by atoms with E-state index in [1.807, 2.05) is 4.90 Å². The fourth-order valence-corrected chi connectivity index (χ4v) is 3.04. The lowest BCUT2D eigenvalue weighted by atomic mass is 9.93. The van der Waals surface area contributed by atoms with Crippen molar-refractivity contribution >= 4 is 5.91 Å². The second-order valence-electron chi connectivity index (χ2n) is 5.93. The van der Waals surface area contributed by atoms with Crippen molar-refractivity contribution in [3.8, 4) is 0 Å². The second kappa shape index (κ2) is 5.85. The number of nitrogens with zero attached hydrogens (tertiary/aromatic N) is 2. The Morgan fingerprint density at radius 3 is 2.18 bits per heavy atom. The molecule has 2 rings (SSSR count). The van der Waals surface area contributed by atoms with Crippen molar-refractivity contribution in [2.45, 2.75) is 39.5 Å². The predicted octanol–water partition coefficient (Wildman–Crippen LogP) is 1.98. The third kappa shape index (κ3) is 3.70. The molecule has 0 saturated carbocycles. The van der Waals surface area contributed by atoms with Crippen LogP contribution in [0, 0.1) is 11.8 Å². The van der Waals surface area contributed by atoms with E-state index in [0.29, 0.717) is 0 Å². The lowest BCUT2D eigenvalue weighted by Crippen LogP contribution is -2.42. The van der Waals surface area contributed by atoms with Gasteiger partial charge in [-0.15, -0.1) is 0 Å². The zero-order valence-electron chi connectivity index (χ0n) is 11.3. The summed E-state index contributed by atoms with van der Waals surface area (Å²) in [4.78, 5) is 15.9. The average molecular weight is 238 g/mol. The summed E-state index contributed by atoms with van der Waals surface area (Å²) < 4.78 is 0. The zero-order chi connectivity index (χ0) is 12.3. The van der Waals surface area contributed by atoms with E-state index >= 15 is 0 Å². The number of rotatable bonds is 2. The maximum Gasteiger partial charge on any atom is 0.219 e. The summed E-state index contributed by atoms with van der Waals surface area (Å²) in [5.41, 5.74) is 0. The average Bonchev–Trinajstić information content (AvgIpc) is 2.33. The first-order chi connectivity index (χ1) is 8.15. The van der Waals surface area contributed by atoms with Gasteiger partial charge < -0.3 is 9.80 Å². The molecular formula is C14H26N2O. The summed E-state index contributed by atoms with van der Waals surface area (Å²) in [6, 6.07) is 0. The SMILES string of the molecule is CC(=O)N1CCC(CN2CCC(C)CC2)CC1. The molecule has 0 aromatic heterocycles. The fourth-order valence-electron chi connectivity index (χ4n) is 3.04. The van der Waals surface area contributed by atoms with E-state index in [0.717, 1.165) is 24.9 Å². The Balaban J connectivity index is 1.69. The summed E-state index contributed by atoms with van der Waals surface area (Å²) in [6.45, 7) is 9.84. The van der Waals surface area contributed by atoms with Gasteiger partial charge in [0.2, 0.25) is 5.91 Å². The number of amides is 1. The largest absolute Gasteiger partial charge is 0.343 e. The molecule has 2 aliphatic rings. The molecule has 2 saturated heterocycles. The molecule has 0 aromatic rings. The van der Waals surface area contributed by atoms with Gasteiger partial charge in [0, 0.05) is 26.6 Å². The maximum atomic E-state index is 11.2. The van der Waals surface area contributed by atoms with Crippen LogP contribution in [0.1, 0.15) is 39.5 Å². The van der Waals surface area contributed by atoms with Crippen molar-refractivity contribution in [1.29, 1.82) is 0 Å². The number of carbonyl (C=O) groups excluding carboxylic acids is 1. The molecule has 2 heterocycles. The molecule has 2 fully saturated rings. The van der Waals surface area contributed by atoms with Crippen molar-refractivity contribution in [3.63, 3.8) is 0 Å². The number of hydrogen-bond donors (Lipinski definition) is 0. The maximum absolute atomic E-state index is 11.2. The Hall–Kier alpha value is -0.570. The summed E-state index contributed by atoms with van der Waals surface area (Å²) in [5.74, 6) is 1.99. The van der Waals surface area contributed by atoms with Gasteiger partial charge in [-0.05, 0) is 50.6 Å². The molecular weight excluding hydrogens is 212 g/mol. The Bertz CT molecular complexity index is 251. The molecule has 1 amide bonds. The molecule has 0 unspecified atom stereocenters. The van der Waals surface area contributed by atoms with Gasteiger partial charge in [0.15, 0.2) is 0 Å².